The van der Waals surface area contributed by atoms with Crippen LogP contribution in [0.2, 0.25) is 0 Å². The molecule has 0 radical (unpaired) electrons. The SMILES string of the molecule is CNc1ccc(OCCCCOCCOCCOCC(C)=O)cc1.[HH]. The Hall–Kier alpha value is -1.63. The maximum atomic E-state index is 10.6. The van der Waals surface area contributed by atoms with Crippen LogP contribution in [-0.4, -0.2) is 59.1 Å². The lowest BCUT2D eigenvalue weighted by molar-refractivity contribution is -0.122. The van der Waals surface area contributed by atoms with E-state index in [4.69, 9.17) is 18.9 Å². The monoisotopic (exact) mass is 341 g/mol. The summed E-state index contributed by atoms with van der Waals surface area (Å²) in [5.74, 6) is 0.910. The number of hydrogen-bond acceptors (Lipinski definition) is 6. The van der Waals surface area contributed by atoms with Crippen LogP contribution < -0.4 is 10.1 Å². The number of hydrogen-bond donors (Lipinski definition) is 1. The fourth-order valence-electron chi connectivity index (χ4n) is 1.87. The van der Waals surface area contributed by atoms with Gasteiger partial charge in [-0.3, -0.25) is 4.79 Å². The van der Waals surface area contributed by atoms with Gasteiger partial charge in [0.25, 0.3) is 0 Å². The average molecular weight is 341 g/mol. The number of anilines is 1. The first-order valence-electron chi connectivity index (χ1n) is 8.35. The minimum atomic E-state index is 0. The normalized spacial score (nSPS) is 10.6. The third kappa shape index (κ3) is 11.0. The fourth-order valence-corrected chi connectivity index (χ4v) is 1.87. The molecular weight excluding hydrogens is 310 g/mol. The molecule has 0 aromatic heterocycles. The summed E-state index contributed by atoms with van der Waals surface area (Å²) in [5.41, 5.74) is 1.07. The zero-order valence-electron chi connectivity index (χ0n) is 14.7. The van der Waals surface area contributed by atoms with Crippen LogP contribution >= 0.6 is 0 Å². The Labute approximate surface area is 145 Å². The molecule has 0 unspecified atom stereocenters. The summed E-state index contributed by atoms with van der Waals surface area (Å²) in [6.45, 7) is 5.07. The van der Waals surface area contributed by atoms with Crippen LogP contribution in [0.1, 0.15) is 21.2 Å². The summed E-state index contributed by atoms with van der Waals surface area (Å²) < 4.78 is 21.5. The number of ether oxygens (including phenoxy) is 4. The zero-order valence-corrected chi connectivity index (χ0v) is 14.7. The lowest BCUT2D eigenvalue weighted by Gasteiger charge is -2.08. The number of Topliss-reactive ketones (excluding diaryl/α,β-unsaturated/α-hetero) is 1. The number of unbranched alkanes of at least 4 members (excludes halogenated alkanes) is 1. The van der Waals surface area contributed by atoms with Crippen molar-refractivity contribution in [3.8, 4) is 5.75 Å². The van der Waals surface area contributed by atoms with Crippen molar-refractivity contribution in [3.63, 3.8) is 0 Å². The van der Waals surface area contributed by atoms with E-state index in [1.54, 1.807) is 0 Å². The molecule has 0 aliphatic carbocycles. The molecular formula is C18H31NO5. The molecule has 0 bridgehead atoms. The van der Waals surface area contributed by atoms with Crippen molar-refractivity contribution in [2.45, 2.75) is 19.8 Å². The first kappa shape index (κ1) is 20.4. The van der Waals surface area contributed by atoms with Crippen molar-refractivity contribution < 1.29 is 25.2 Å². The molecule has 1 N–H and O–H groups in total. The van der Waals surface area contributed by atoms with E-state index in [-0.39, 0.29) is 13.8 Å². The minimum Gasteiger partial charge on any atom is -0.494 e. The molecule has 0 aliphatic heterocycles. The minimum absolute atomic E-state index is 0. The Bertz CT molecular complexity index is 442. The third-order valence-corrected chi connectivity index (χ3v) is 3.14. The summed E-state index contributed by atoms with van der Waals surface area (Å²) >= 11 is 0. The maximum absolute atomic E-state index is 10.6. The predicted octanol–water partition coefficient (Wildman–Crippen LogP) is 2.77. The third-order valence-electron chi connectivity index (χ3n) is 3.14. The van der Waals surface area contributed by atoms with Gasteiger partial charge in [0.05, 0.1) is 33.0 Å². The lowest BCUT2D eigenvalue weighted by Crippen LogP contribution is -2.12. The number of ketones is 1. The molecule has 0 heterocycles. The van der Waals surface area contributed by atoms with Gasteiger partial charge in [-0.15, -0.1) is 0 Å². The van der Waals surface area contributed by atoms with Gasteiger partial charge >= 0.3 is 0 Å². The number of carbonyl (C=O) groups is 1. The van der Waals surface area contributed by atoms with Crippen LogP contribution in [-0.2, 0) is 19.0 Å². The second-order valence-electron chi connectivity index (χ2n) is 5.31. The topological polar surface area (TPSA) is 66.0 Å². The molecule has 1 aromatic carbocycles. The molecule has 0 amide bonds. The van der Waals surface area contributed by atoms with Crippen LogP contribution in [0.15, 0.2) is 24.3 Å². The van der Waals surface area contributed by atoms with Crippen LogP contribution in [0.5, 0.6) is 5.75 Å². The number of rotatable bonds is 15. The summed E-state index contributed by atoms with van der Waals surface area (Å²) in [4.78, 5) is 10.6. The molecule has 0 atom stereocenters. The highest BCUT2D eigenvalue weighted by Gasteiger charge is 1.96. The summed E-state index contributed by atoms with van der Waals surface area (Å²) in [6.07, 6.45) is 1.91. The molecule has 0 saturated heterocycles. The van der Waals surface area contributed by atoms with Gasteiger partial charge in [-0.05, 0) is 44.0 Å². The van der Waals surface area contributed by atoms with Gasteiger partial charge in [0, 0.05) is 20.8 Å². The molecule has 6 heteroatoms. The van der Waals surface area contributed by atoms with Crippen molar-refractivity contribution >= 4 is 11.5 Å². The molecule has 1 rings (SSSR count). The second kappa shape index (κ2) is 13.8. The Kier molecular flexibility index (Phi) is 11.7. The Morgan fingerprint density at radius 1 is 0.917 bits per heavy atom. The Morgan fingerprint density at radius 3 is 2.12 bits per heavy atom. The van der Waals surface area contributed by atoms with Crippen molar-refractivity contribution in [1.82, 2.24) is 0 Å². The molecule has 24 heavy (non-hydrogen) atoms. The van der Waals surface area contributed by atoms with Crippen molar-refractivity contribution in [2.75, 3.05) is 58.6 Å². The van der Waals surface area contributed by atoms with Crippen LogP contribution in [0.3, 0.4) is 0 Å². The zero-order chi connectivity index (χ0) is 17.5. The van der Waals surface area contributed by atoms with Crippen LogP contribution in [0.4, 0.5) is 5.69 Å². The van der Waals surface area contributed by atoms with Crippen molar-refractivity contribution in [1.29, 1.82) is 0 Å². The molecule has 1 aromatic rings. The lowest BCUT2D eigenvalue weighted by atomic mass is 10.3. The highest BCUT2D eigenvalue weighted by molar-refractivity contribution is 5.76. The van der Waals surface area contributed by atoms with Gasteiger partial charge in [0.15, 0.2) is 5.78 Å². The van der Waals surface area contributed by atoms with E-state index in [1.165, 1.54) is 6.92 Å². The van der Waals surface area contributed by atoms with E-state index in [9.17, 15) is 4.79 Å². The van der Waals surface area contributed by atoms with E-state index >= 15 is 0 Å². The summed E-state index contributed by atoms with van der Waals surface area (Å²) in [5, 5.41) is 3.07. The van der Waals surface area contributed by atoms with Crippen molar-refractivity contribution in [2.24, 2.45) is 0 Å². The molecule has 6 nitrogen and oxygen atoms in total. The van der Waals surface area contributed by atoms with E-state index in [0.717, 1.165) is 24.3 Å². The smallest absolute Gasteiger partial charge is 0.155 e. The predicted molar refractivity (Wildman–Crippen MR) is 96.0 cm³/mol. The fraction of sp³-hybridized carbons (Fsp3) is 0.611. The first-order valence-corrected chi connectivity index (χ1v) is 8.35. The highest BCUT2D eigenvalue weighted by atomic mass is 16.5. The summed E-state index contributed by atoms with van der Waals surface area (Å²) in [7, 11) is 1.89. The van der Waals surface area contributed by atoms with Gasteiger partial charge in [-0.25, -0.2) is 0 Å². The number of nitrogens with one attached hydrogen (secondary N) is 1. The molecule has 0 spiro atoms. The van der Waals surface area contributed by atoms with Crippen LogP contribution in [0, 0.1) is 0 Å². The Morgan fingerprint density at radius 2 is 1.50 bits per heavy atom. The van der Waals surface area contributed by atoms with Gasteiger partial charge in [-0.2, -0.15) is 0 Å². The number of carbonyl (C=O) groups excluding carboxylic acids is 1. The first-order chi connectivity index (χ1) is 11.7. The van der Waals surface area contributed by atoms with Gasteiger partial charge in [0.2, 0.25) is 0 Å². The maximum Gasteiger partial charge on any atom is 0.155 e. The largest absolute Gasteiger partial charge is 0.494 e. The molecule has 0 aliphatic rings. The molecule has 138 valence electrons. The number of benzene rings is 1. The van der Waals surface area contributed by atoms with Gasteiger partial charge in [-0.1, -0.05) is 0 Å². The molecule has 0 saturated carbocycles. The van der Waals surface area contributed by atoms with Gasteiger partial charge in [0.1, 0.15) is 12.4 Å². The van der Waals surface area contributed by atoms with Crippen molar-refractivity contribution in [3.05, 3.63) is 24.3 Å². The van der Waals surface area contributed by atoms with Gasteiger partial charge < -0.3 is 24.3 Å². The molecule has 0 fully saturated rings. The van der Waals surface area contributed by atoms with E-state index in [2.05, 4.69) is 5.32 Å². The van der Waals surface area contributed by atoms with E-state index in [0.29, 0.717) is 39.6 Å². The quantitative estimate of drug-likeness (QED) is 0.495. The van der Waals surface area contributed by atoms with E-state index in [1.807, 2.05) is 31.3 Å². The van der Waals surface area contributed by atoms with E-state index < -0.39 is 0 Å². The standard InChI is InChI=1S/C18H29NO5.H2/c1-16(20)15-23-14-13-22-12-11-21-9-3-4-10-24-18-7-5-17(19-2)6-8-18;/h5-8,19H,3-4,9-15H2,1-2H3;1H. The van der Waals surface area contributed by atoms with Crippen LogP contribution in [0.25, 0.3) is 0 Å². The Balaban J connectivity index is 0.00000576. The highest BCUT2D eigenvalue weighted by Crippen LogP contribution is 2.15. The second-order valence-corrected chi connectivity index (χ2v) is 5.31. The average Bonchev–Trinajstić information content (AvgIpc) is 2.59. The summed E-state index contributed by atoms with van der Waals surface area (Å²) in [6, 6.07) is 7.90.